The Morgan fingerprint density at radius 3 is 2.26 bits per heavy atom. The molecule has 1 aliphatic rings. The van der Waals surface area contributed by atoms with Crippen LogP contribution < -0.4 is 10.6 Å². The van der Waals surface area contributed by atoms with E-state index in [-0.39, 0.29) is 36.0 Å². The van der Waals surface area contributed by atoms with Gasteiger partial charge in [0.2, 0.25) is 10.0 Å². The van der Waals surface area contributed by atoms with E-state index in [0.29, 0.717) is 18.7 Å². The minimum atomic E-state index is -3.73. The van der Waals surface area contributed by atoms with E-state index in [4.69, 9.17) is 5.73 Å². The molecule has 8 nitrogen and oxygen atoms in total. The molecule has 0 saturated carbocycles. The zero-order valence-corrected chi connectivity index (χ0v) is 15.2. The zero-order valence-electron chi connectivity index (χ0n) is 14.4. The lowest BCUT2D eigenvalue weighted by molar-refractivity contribution is -0.384. The summed E-state index contributed by atoms with van der Waals surface area (Å²) in [6.07, 6.45) is 0. The van der Waals surface area contributed by atoms with E-state index >= 15 is 0 Å². The first-order chi connectivity index (χ1) is 12.8. The standard InChI is InChI=1S/C17H19FN4O4S/c18-14-1-6-17(13(11-14)12-19)20-7-9-21(10-8-20)27(25,26)16-4-2-15(3-5-16)22(23)24/h1-6,11H,7-10,12,19H2. The fourth-order valence-electron chi connectivity index (χ4n) is 3.08. The molecular weight excluding hydrogens is 375 g/mol. The predicted molar refractivity (Wildman–Crippen MR) is 98.4 cm³/mol. The molecule has 0 unspecified atom stereocenters. The van der Waals surface area contributed by atoms with Crippen LogP contribution in [0.3, 0.4) is 0 Å². The molecule has 2 N–H and O–H groups in total. The number of non-ortho nitro benzene ring substituents is 1. The van der Waals surface area contributed by atoms with Crippen LogP contribution in [0.25, 0.3) is 0 Å². The molecule has 0 amide bonds. The Hall–Kier alpha value is -2.56. The van der Waals surface area contributed by atoms with Gasteiger partial charge in [-0.1, -0.05) is 0 Å². The Labute approximate surface area is 156 Å². The number of hydrogen-bond donors (Lipinski definition) is 1. The highest BCUT2D eigenvalue weighted by atomic mass is 32.2. The SMILES string of the molecule is NCc1cc(F)ccc1N1CCN(S(=O)(=O)c2ccc([N+](=O)[O-])cc2)CC1. The predicted octanol–water partition coefficient (Wildman–Crippen LogP) is 1.70. The van der Waals surface area contributed by atoms with Gasteiger partial charge in [0.25, 0.3) is 5.69 Å². The summed E-state index contributed by atoms with van der Waals surface area (Å²) < 4.78 is 40.2. The van der Waals surface area contributed by atoms with Crippen molar-refractivity contribution in [3.05, 3.63) is 64.0 Å². The smallest absolute Gasteiger partial charge is 0.269 e. The maximum Gasteiger partial charge on any atom is 0.269 e. The van der Waals surface area contributed by atoms with E-state index in [1.165, 1.54) is 40.7 Å². The summed E-state index contributed by atoms with van der Waals surface area (Å²) in [6.45, 7) is 1.56. The van der Waals surface area contributed by atoms with Crippen molar-refractivity contribution in [2.75, 3.05) is 31.1 Å². The highest BCUT2D eigenvalue weighted by Gasteiger charge is 2.29. The van der Waals surface area contributed by atoms with Gasteiger partial charge in [0.15, 0.2) is 0 Å². The molecular formula is C17H19FN4O4S. The number of sulfonamides is 1. The van der Waals surface area contributed by atoms with Crippen molar-refractivity contribution in [1.29, 1.82) is 0 Å². The van der Waals surface area contributed by atoms with Crippen molar-refractivity contribution in [2.45, 2.75) is 11.4 Å². The fraction of sp³-hybridized carbons (Fsp3) is 0.294. The van der Waals surface area contributed by atoms with Crippen molar-refractivity contribution >= 4 is 21.4 Å². The summed E-state index contributed by atoms with van der Waals surface area (Å²) in [5, 5.41) is 10.7. The van der Waals surface area contributed by atoms with Crippen LogP contribution in [0, 0.1) is 15.9 Å². The normalized spacial score (nSPS) is 15.7. The highest BCUT2D eigenvalue weighted by molar-refractivity contribution is 7.89. The van der Waals surface area contributed by atoms with Gasteiger partial charge in [-0.15, -0.1) is 0 Å². The number of nitrogens with two attached hydrogens (primary N) is 1. The number of halogens is 1. The lowest BCUT2D eigenvalue weighted by atomic mass is 10.1. The Kier molecular flexibility index (Phi) is 5.40. The largest absolute Gasteiger partial charge is 0.369 e. The van der Waals surface area contributed by atoms with Gasteiger partial charge in [0.05, 0.1) is 9.82 Å². The number of hydrogen-bond acceptors (Lipinski definition) is 6. The Morgan fingerprint density at radius 2 is 1.70 bits per heavy atom. The molecule has 2 aromatic rings. The summed E-state index contributed by atoms with van der Waals surface area (Å²) in [5.41, 5.74) is 6.99. The van der Waals surface area contributed by atoms with Crippen molar-refractivity contribution in [2.24, 2.45) is 5.73 Å². The lowest BCUT2D eigenvalue weighted by Crippen LogP contribution is -2.49. The molecule has 0 spiro atoms. The number of benzene rings is 2. The molecule has 1 heterocycles. The van der Waals surface area contributed by atoms with Gasteiger partial charge in [-0.05, 0) is 35.9 Å². The Bertz CT molecular complexity index is 942. The summed E-state index contributed by atoms with van der Waals surface area (Å²) in [7, 11) is -3.73. The van der Waals surface area contributed by atoms with Crippen molar-refractivity contribution in [3.63, 3.8) is 0 Å². The Morgan fingerprint density at radius 1 is 1.07 bits per heavy atom. The first-order valence-corrected chi connectivity index (χ1v) is 9.75. The monoisotopic (exact) mass is 394 g/mol. The van der Waals surface area contributed by atoms with Crippen LogP contribution in [-0.2, 0) is 16.6 Å². The maximum atomic E-state index is 13.4. The van der Waals surface area contributed by atoms with Crippen LogP contribution in [-0.4, -0.2) is 43.8 Å². The first-order valence-electron chi connectivity index (χ1n) is 8.31. The van der Waals surface area contributed by atoms with Crippen LogP contribution in [0.4, 0.5) is 15.8 Å². The Balaban J connectivity index is 1.74. The first kappa shape index (κ1) is 19.2. The van der Waals surface area contributed by atoms with Crippen LogP contribution in [0.5, 0.6) is 0 Å². The zero-order chi connectivity index (χ0) is 19.6. The van der Waals surface area contributed by atoms with Gasteiger partial charge in [0, 0.05) is 50.5 Å². The number of rotatable bonds is 5. The van der Waals surface area contributed by atoms with Gasteiger partial charge < -0.3 is 10.6 Å². The van der Waals surface area contributed by atoms with Crippen LogP contribution in [0.2, 0.25) is 0 Å². The third-order valence-corrected chi connectivity index (χ3v) is 6.44. The molecule has 144 valence electrons. The maximum absolute atomic E-state index is 13.4. The minimum Gasteiger partial charge on any atom is -0.369 e. The van der Waals surface area contributed by atoms with Crippen molar-refractivity contribution < 1.29 is 17.7 Å². The summed E-state index contributed by atoms with van der Waals surface area (Å²) in [4.78, 5) is 12.1. The third-order valence-electron chi connectivity index (χ3n) is 4.53. The molecule has 0 aromatic heterocycles. The van der Waals surface area contributed by atoms with Crippen LogP contribution in [0.15, 0.2) is 47.4 Å². The van der Waals surface area contributed by atoms with Crippen LogP contribution in [0.1, 0.15) is 5.56 Å². The number of anilines is 1. The number of nitrogens with zero attached hydrogens (tertiary/aromatic N) is 3. The quantitative estimate of drug-likeness (QED) is 0.611. The van der Waals surface area contributed by atoms with Gasteiger partial charge in [0.1, 0.15) is 5.82 Å². The second-order valence-electron chi connectivity index (χ2n) is 6.12. The van der Waals surface area contributed by atoms with Crippen molar-refractivity contribution in [3.8, 4) is 0 Å². The third kappa shape index (κ3) is 3.92. The average Bonchev–Trinajstić information content (AvgIpc) is 2.68. The topological polar surface area (TPSA) is 110 Å². The molecule has 0 aliphatic carbocycles. The van der Waals surface area contributed by atoms with E-state index in [1.54, 1.807) is 6.07 Å². The second-order valence-corrected chi connectivity index (χ2v) is 8.06. The van der Waals surface area contributed by atoms with Gasteiger partial charge in [-0.3, -0.25) is 10.1 Å². The summed E-state index contributed by atoms with van der Waals surface area (Å²) in [5.74, 6) is -0.362. The average molecular weight is 394 g/mol. The molecule has 27 heavy (non-hydrogen) atoms. The van der Waals surface area contributed by atoms with Crippen molar-refractivity contribution in [1.82, 2.24) is 4.31 Å². The van der Waals surface area contributed by atoms with E-state index in [2.05, 4.69) is 0 Å². The molecule has 1 fully saturated rings. The fourth-order valence-corrected chi connectivity index (χ4v) is 4.51. The molecule has 0 bridgehead atoms. The summed E-state index contributed by atoms with van der Waals surface area (Å²) >= 11 is 0. The molecule has 10 heteroatoms. The van der Waals surface area contributed by atoms with E-state index < -0.39 is 14.9 Å². The van der Waals surface area contributed by atoms with Gasteiger partial charge in [-0.2, -0.15) is 4.31 Å². The molecule has 0 atom stereocenters. The van der Waals surface area contributed by atoms with E-state index in [0.717, 1.165) is 5.69 Å². The molecule has 1 aliphatic heterocycles. The molecule has 1 saturated heterocycles. The van der Waals surface area contributed by atoms with Gasteiger partial charge in [-0.25, -0.2) is 12.8 Å². The molecule has 2 aromatic carbocycles. The highest BCUT2D eigenvalue weighted by Crippen LogP contribution is 2.25. The molecule has 3 rings (SSSR count). The van der Waals surface area contributed by atoms with E-state index in [9.17, 15) is 22.9 Å². The lowest BCUT2D eigenvalue weighted by Gasteiger charge is -2.36. The molecule has 0 radical (unpaired) electrons. The number of piperazine rings is 1. The number of nitro groups is 1. The minimum absolute atomic E-state index is 0.0194. The van der Waals surface area contributed by atoms with Crippen LogP contribution >= 0.6 is 0 Å². The second kappa shape index (κ2) is 7.59. The number of nitro benzene ring substituents is 1. The summed E-state index contributed by atoms with van der Waals surface area (Å²) in [6, 6.07) is 9.23. The van der Waals surface area contributed by atoms with E-state index in [1.807, 2.05) is 4.90 Å². The van der Waals surface area contributed by atoms with Gasteiger partial charge >= 0.3 is 0 Å².